The van der Waals surface area contributed by atoms with E-state index in [0.29, 0.717) is 16.3 Å². The molecule has 4 nitrogen and oxygen atoms in total. The molecule has 1 unspecified atom stereocenters. The number of nitrogens with zero attached hydrogens (tertiary/aromatic N) is 1. The summed E-state index contributed by atoms with van der Waals surface area (Å²) in [5, 5.41) is 8.97. The van der Waals surface area contributed by atoms with Crippen molar-refractivity contribution in [1.82, 2.24) is 0 Å². The number of carbonyl (C=O) groups is 2. The zero-order chi connectivity index (χ0) is 14.6. The van der Waals surface area contributed by atoms with Crippen molar-refractivity contribution in [3.8, 4) is 0 Å². The molecule has 0 heterocycles. The average Bonchev–Trinajstić information content (AvgIpc) is 2.37. The number of rotatable bonds is 5. The van der Waals surface area contributed by atoms with Gasteiger partial charge in [-0.05, 0) is 18.6 Å². The second-order valence-electron chi connectivity index (χ2n) is 4.34. The van der Waals surface area contributed by atoms with Gasteiger partial charge >= 0.3 is 5.97 Å². The molecule has 0 saturated heterocycles. The van der Waals surface area contributed by atoms with Gasteiger partial charge in [-0.1, -0.05) is 19.1 Å². The minimum Gasteiger partial charge on any atom is -0.480 e. The number of carboxylic acids is 1. The number of aliphatic carboxylic acids is 1. The normalized spacial score (nSPS) is 12.0. The van der Waals surface area contributed by atoms with Crippen molar-refractivity contribution in [3.05, 3.63) is 23.8 Å². The summed E-state index contributed by atoms with van der Waals surface area (Å²) in [6.45, 7) is 3.20. The number of hydrogen-bond donors (Lipinski definition) is 3. The molecule has 1 aromatic rings. The van der Waals surface area contributed by atoms with E-state index < -0.39 is 5.97 Å². The Hall–Kier alpha value is -1.14. The highest BCUT2D eigenvalue weighted by Gasteiger charge is 2.24. The number of aryl methyl sites for hydroxylation is 1. The number of anilines is 1. The van der Waals surface area contributed by atoms with Gasteiger partial charge in [-0.3, -0.25) is 14.5 Å². The summed E-state index contributed by atoms with van der Waals surface area (Å²) < 4.78 is 0. The van der Waals surface area contributed by atoms with Crippen LogP contribution in [0.2, 0.25) is 0 Å². The molecule has 19 heavy (non-hydrogen) atoms. The van der Waals surface area contributed by atoms with Crippen LogP contribution in [0.25, 0.3) is 0 Å². The highest BCUT2D eigenvalue weighted by Crippen LogP contribution is 2.28. The summed E-state index contributed by atoms with van der Waals surface area (Å²) in [5.74, 6) is -1.31. The Balaban J connectivity index is 3.20. The fourth-order valence-corrected chi connectivity index (χ4v) is 2.05. The Kier molecular flexibility index (Phi) is 5.75. The monoisotopic (exact) mass is 299 g/mol. The van der Waals surface area contributed by atoms with Gasteiger partial charge in [0.2, 0.25) is 5.91 Å². The number of carboxylic acid groups (broad SMARTS) is 1. The van der Waals surface area contributed by atoms with Crippen LogP contribution in [-0.4, -0.2) is 29.3 Å². The molecule has 1 aromatic carbocycles. The van der Waals surface area contributed by atoms with Crippen LogP contribution in [-0.2, 0) is 9.59 Å². The lowest BCUT2D eigenvalue weighted by Gasteiger charge is -2.25. The standard InChI is InChI=1S/C13H17NO3S2/c1-8-4-3-5-10(12(8)19)14(6-11(15)16)13(17)9(2)7-18/h3-5,9,18-19H,6-7H2,1-2H3,(H,15,16). The lowest BCUT2D eigenvalue weighted by Crippen LogP contribution is -2.40. The third-order valence-corrected chi connectivity index (χ3v) is 3.89. The summed E-state index contributed by atoms with van der Waals surface area (Å²) in [5.41, 5.74) is 1.41. The van der Waals surface area contributed by atoms with Gasteiger partial charge in [0, 0.05) is 16.6 Å². The number of hydrogen-bond acceptors (Lipinski definition) is 4. The highest BCUT2D eigenvalue weighted by molar-refractivity contribution is 7.80. The first kappa shape index (κ1) is 15.9. The van der Waals surface area contributed by atoms with E-state index in [1.807, 2.05) is 13.0 Å². The Labute approximate surface area is 123 Å². The van der Waals surface area contributed by atoms with E-state index in [4.69, 9.17) is 5.11 Å². The predicted octanol–water partition coefficient (Wildman–Crippen LogP) is 2.27. The van der Waals surface area contributed by atoms with Crippen LogP contribution in [0, 0.1) is 12.8 Å². The predicted molar refractivity (Wildman–Crippen MR) is 81.4 cm³/mol. The van der Waals surface area contributed by atoms with E-state index in [2.05, 4.69) is 25.3 Å². The van der Waals surface area contributed by atoms with Crippen molar-refractivity contribution in [3.63, 3.8) is 0 Å². The average molecular weight is 299 g/mol. The maximum atomic E-state index is 12.3. The van der Waals surface area contributed by atoms with Gasteiger partial charge in [-0.25, -0.2) is 0 Å². The largest absolute Gasteiger partial charge is 0.480 e. The molecule has 6 heteroatoms. The van der Waals surface area contributed by atoms with Gasteiger partial charge in [-0.15, -0.1) is 12.6 Å². The lowest BCUT2D eigenvalue weighted by molar-refractivity contribution is -0.137. The van der Waals surface area contributed by atoms with E-state index in [-0.39, 0.29) is 18.4 Å². The van der Waals surface area contributed by atoms with Crippen LogP contribution in [0.3, 0.4) is 0 Å². The van der Waals surface area contributed by atoms with Gasteiger partial charge in [0.15, 0.2) is 0 Å². The van der Waals surface area contributed by atoms with E-state index in [9.17, 15) is 9.59 Å². The quantitative estimate of drug-likeness (QED) is 0.731. The van der Waals surface area contributed by atoms with Gasteiger partial charge in [0.05, 0.1) is 5.69 Å². The van der Waals surface area contributed by atoms with E-state index in [1.54, 1.807) is 19.1 Å². The van der Waals surface area contributed by atoms with E-state index >= 15 is 0 Å². The van der Waals surface area contributed by atoms with Crippen molar-refractivity contribution < 1.29 is 14.7 Å². The van der Waals surface area contributed by atoms with Crippen LogP contribution in [0.15, 0.2) is 23.1 Å². The third-order valence-electron chi connectivity index (χ3n) is 2.76. The molecular formula is C13H17NO3S2. The topological polar surface area (TPSA) is 57.6 Å². The second kappa shape index (κ2) is 6.86. The third kappa shape index (κ3) is 3.91. The zero-order valence-corrected chi connectivity index (χ0v) is 12.6. The summed E-state index contributed by atoms with van der Waals surface area (Å²) >= 11 is 8.44. The molecule has 1 N–H and O–H groups in total. The maximum absolute atomic E-state index is 12.3. The van der Waals surface area contributed by atoms with Crippen molar-refractivity contribution in [1.29, 1.82) is 0 Å². The number of benzene rings is 1. The minimum atomic E-state index is -1.06. The molecule has 0 bridgehead atoms. The van der Waals surface area contributed by atoms with Crippen molar-refractivity contribution in [2.24, 2.45) is 5.92 Å². The van der Waals surface area contributed by atoms with Gasteiger partial charge in [-0.2, -0.15) is 12.6 Å². The molecule has 0 spiro atoms. The van der Waals surface area contributed by atoms with E-state index in [0.717, 1.165) is 5.56 Å². The molecule has 0 aliphatic rings. The molecule has 0 radical (unpaired) electrons. The van der Waals surface area contributed by atoms with Crippen LogP contribution < -0.4 is 4.90 Å². The minimum absolute atomic E-state index is 0.265. The van der Waals surface area contributed by atoms with Gasteiger partial charge in [0.1, 0.15) is 6.54 Å². The van der Waals surface area contributed by atoms with Gasteiger partial charge < -0.3 is 5.11 Å². The van der Waals surface area contributed by atoms with Crippen molar-refractivity contribution in [2.45, 2.75) is 18.7 Å². The molecule has 0 aliphatic heterocycles. The fourth-order valence-electron chi connectivity index (χ4n) is 1.62. The molecular weight excluding hydrogens is 282 g/mol. The molecule has 0 aromatic heterocycles. The SMILES string of the molecule is Cc1cccc(N(CC(=O)O)C(=O)C(C)CS)c1S. The van der Waals surface area contributed by atoms with Crippen molar-refractivity contribution in [2.75, 3.05) is 17.2 Å². The molecule has 1 amide bonds. The molecule has 0 aliphatic carbocycles. The van der Waals surface area contributed by atoms with Crippen molar-refractivity contribution >= 4 is 42.8 Å². The Bertz CT molecular complexity index is 491. The molecule has 1 rings (SSSR count). The highest BCUT2D eigenvalue weighted by atomic mass is 32.1. The molecule has 0 fully saturated rings. The zero-order valence-electron chi connectivity index (χ0n) is 10.8. The van der Waals surface area contributed by atoms with Gasteiger partial charge in [0.25, 0.3) is 0 Å². The molecule has 104 valence electrons. The number of carbonyl (C=O) groups excluding carboxylic acids is 1. The van der Waals surface area contributed by atoms with Crippen LogP contribution in [0.4, 0.5) is 5.69 Å². The first-order valence-electron chi connectivity index (χ1n) is 5.81. The number of amides is 1. The van der Waals surface area contributed by atoms with Crippen LogP contribution in [0.1, 0.15) is 12.5 Å². The number of thiol groups is 2. The first-order chi connectivity index (χ1) is 8.88. The van der Waals surface area contributed by atoms with E-state index in [1.165, 1.54) is 4.90 Å². The molecule has 1 atom stereocenters. The Morgan fingerprint density at radius 2 is 2.05 bits per heavy atom. The second-order valence-corrected chi connectivity index (χ2v) is 5.16. The Morgan fingerprint density at radius 1 is 1.42 bits per heavy atom. The first-order valence-corrected chi connectivity index (χ1v) is 6.89. The summed E-state index contributed by atoms with van der Waals surface area (Å²) in [4.78, 5) is 25.1. The fraction of sp³-hybridized carbons (Fsp3) is 0.385. The maximum Gasteiger partial charge on any atom is 0.323 e. The summed E-state index contributed by atoms with van der Waals surface area (Å²) in [7, 11) is 0. The summed E-state index contributed by atoms with van der Waals surface area (Å²) in [6.07, 6.45) is 0. The smallest absolute Gasteiger partial charge is 0.323 e. The molecule has 0 saturated carbocycles. The van der Waals surface area contributed by atoms with Crippen LogP contribution in [0.5, 0.6) is 0 Å². The Morgan fingerprint density at radius 3 is 2.58 bits per heavy atom. The lowest BCUT2D eigenvalue weighted by atomic mass is 10.1. The van der Waals surface area contributed by atoms with Crippen LogP contribution >= 0.6 is 25.3 Å². The summed E-state index contributed by atoms with van der Waals surface area (Å²) in [6, 6.07) is 5.33.